The third-order valence-corrected chi connectivity index (χ3v) is 5.60. The minimum absolute atomic E-state index is 0.0910. The van der Waals surface area contributed by atoms with E-state index in [1.165, 1.54) is 11.8 Å². The number of anilines is 1. The van der Waals surface area contributed by atoms with Gasteiger partial charge in [-0.1, -0.05) is 41.6 Å². The molecule has 0 aliphatic rings. The van der Waals surface area contributed by atoms with Crippen molar-refractivity contribution in [3.05, 3.63) is 77.6 Å². The molecule has 4 aromatic rings. The number of aryl methyl sites for hydroxylation is 3. The van der Waals surface area contributed by atoms with Crippen LogP contribution in [0.4, 0.5) is 5.69 Å². The topological polar surface area (TPSA) is 73.0 Å². The zero-order chi connectivity index (χ0) is 21.1. The van der Waals surface area contributed by atoms with Gasteiger partial charge in [0.1, 0.15) is 0 Å². The lowest BCUT2D eigenvalue weighted by atomic mass is 10.1. The van der Waals surface area contributed by atoms with Gasteiger partial charge in [0, 0.05) is 11.4 Å². The SMILES string of the molecule is Cc1ccc(-n2c(SCC(=O)Nc3cc(C)ccc3C)nnc2-c2ccco2)cc1. The molecule has 0 aliphatic carbocycles. The summed E-state index contributed by atoms with van der Waals surface area (Å²) in [6.07, 6.45) is 1.61. The smallest absolute Gasteiger partial charge is 0.234 e. The van der Waals surface area contributed by atoms with Crippen LogP contribution in [0.25, 0.3) is 17.3 Å². The second kappa shape index (κ2) is 8.59. The monoisotopic (exact) mass is 418 g/mol. The first-order valence-electron chi connectivity index (χ1n) is 9.57. The van der Waals surface area contributed by atoms with E-state index in [9.17, 15) is 4.79 Å². The lowest BCUT2D eigenvalue weighted by molar-refractivity contribution is -0.113. The quantitative estimate of drug-likeness (QED) is 0.437. The molecule has 7 heteroatoms. The van der Waals surface area contributed by atoms with E-state index in [1.807, 2.05) is 79.9 Å². The van der Waals surface area contributed by atoms with Gasteiger partial charge in [-0.05, 0) is 62.2 Å². The van der Waals surface area contributed by atoms with Gasteiger partial charge in [-0.25, -0.2) is 0 Å². The summed E-state index contributed by atoms with van der Waals surface area (Å²) in [6, 6.07) is 17.7. The van der Waals surface area contributed by atoms with Gasteiger partial charge in [0.05, 0.1) is 12.0 Å². The van der Waals surface area contributed by atoms with Crippen molar-refractivity contribution in [2.24, 2.45) is 0 Å². The van der Waals surface area contributed by atoms with Crippen molar-refractivity contribution in [1.82, 2.24) is 14.8 Å². The molecule has 0 atom stereocenters. The van der Waals surface area contributed by atoms with Crippen molar-refractivity contribution < 1.29 is 9.21 Å². The van der Waals surface area contributed by atoms with Crippen LogP contribution in [0, 0.1) is 20.8 Å². The van der Waals surface area contributed by atoms with Gasteiger partial charge >= 0.3 is 0 Å². The van der Waals surface area contributed by atoms with E-state index in [4.69, 9.17) is 4.42 Å². The van der Waals surface area contributed by atoms with Crippen LogP contribution in [0.2, 0.25) is 0 Å². The lowest BCUT2D eigenvalue weighted by Gasteiger charge is -2.11. The average molecular weight is 419 g/mol. The molecule has 0 saturated heterocycles. The van der Waals surface area contributed by atoms with Crippen molar-refractivity contribution in [3.63, 3.8) is 0 Å². The summed E-state index contributed by atoms with van der Waals surface area (Å²) >= 11 is 1.34. The molecule has 2 aromatic heterocycles. The second-order valence-corrected chi connectivity index (χ2v) is 8.05. The molecule has 0 spiro atoms. The highest BCUT2D eigenvalue weighted by molar-refractivity contribution is 7.99. The Balaban J connectivity index is 1.57. The fraction of sp³-hybridized carbons (Fsp3) is 0.174. The average Bonchev–Trinajstić information content (AvgIpc) is 3.39. The second-order valence-electron chi connectivity index (χ2n) is 7.11. The van der Waals surface area contributed by atoms with E-state index in [0.717, 1.165) is 28.1 Å². The third-order valence-electron chi connectivity index (χ3n) is 4.67. The summed E-state index contributed by atoms with van der Waals surface area (Å²) in [4.78, 5) is 12.6. The van der Waals surface area contributed by atoms with Gasteiger partial charge in [-0.3, -0.25) is 9.36 Å². The summed E-state index contributed by atoms with van der Waals surface area (Å²) in [5, 5.41) is 12.2. The number of aromatic nitrogens is 3. The zero-order valence-corrected chi connectivity index (χ0v) is 17.9. The summed E-state index contributed by atoms with van der Waals surface area (Å²) in [5.74, 6) is 1.35. The van der Waals surface area contributed by atoms with Crippen LogP contribution in [-0.2, 0) is 4.79 Å². The number of carbonyl (C=O) groups excluding carboxylic acids is 1. The molecular weight excluding hydrogens is 396 g/mol. The van der Waals surface area contributed by atoms with E-state index < -0.39 is 0 Å². The number of rotatable bonds is 6. The van der Waals surface area contributed by atoms with Gasteiger partial charge in [0.15, 0.2) is 10.9 Å². The van der Waals surface area contributed by atoms with E-state index in [2.05, 4.69) is 15.5 Å². The first kappa shape index (κ1) is 20.0. The maximum absolute atomic E-state index is 12.6. The Morgan fingerprint density at radius 2 is 1.80 bits per heavy atom. The molecule has 0 radical (unpaired) electrons. The van der Waals surface area contributed by atoms with Crippen molar-refractivity contribution in [2.45, 2.75) is 25.9 Å². The fourth-order valence-electron chi connectivity index (χ4n) is 3.04. The molecular formula is C23H22N4O2S. The molecule has 4 rings (SSSR count). The van der Waals surface area contributed by atoms with Crippen molar-refractivity contribution >= 4 is 23.4 Å². The molecule has 0 unspecified atom stereocenters. The van der Waals surface area contributed by atoms with Gasteiger partial charge in [-0.15, -0.1) is 10.2 Å². The summed E-state index contributed by atoms with van der Waals surface area (Å²) in [6.45, 7) is 6.02. The number of amides is 1. The number of benzene rings is 2. The van der Waals surface area contributed by atoms with Crippen molar-refractivity contribution in [2.75, 3.05) is 11.1 Å². The maximum atomic E-state index is 12.6. The lowest BCUT2D eigenvalue weighted by Crippen LogP contribution is -2.15. The standard InChI is InChI=1S/C23H22N4O2S/c1-15-7-10-18(11-8-15)27-22(20-5-4-12-29-20)25-26-23(27)30-14-21(28)24-19-13-16(2)6-9-17(19)3/h4-13H,14H2,1-3H3,(H,24,28). The van der Waals surface area contributed by atoms with E-state index in [1.54, 1.807) is 6.26 Å². The molecule has 1 amide bonds. The van der Waals surface area contributed by atoms with Crippen LogP contribution in [0.15, 0.2) is 70.4 Å². The Labute approximate surface area is 179 Å². The number of nitrogens with one attached hydrogen (secondary N) is 1. The molecule has 0 saturated carbocycles. The first-order valence-corrected chi connectivity index (χ1v) is 10.6. The van der Waals surface area contributed by atoms with Gasteiger partial charge < -0.3 is 9.73 Å². The highest BCUT2D eigenvalue weighted by Crippen LogP contribution is 2.28. The number of nitrogens with zero attached hydrogens (tertiary/aromatic N) is 3. The Morgan fingerprint density at radius 3 is 2.53 bits per heavy atom. The molecule has 152 valence electrons. The molecule has 0 aliphatic heterocycles. The zero-order valence-electron chi connectivity index (χ0n) is 17.0. The minimum Gasteiger partial charge on any atom is -0.461 e. The fourth-order valence-corrected chi connectivity index (χ4v) is 3.79. The number of carbonyl (C=O) groups is 1. The number of furan rings is 1. The Morgan fingerprint density at radius 1 is 1.03 bits per heavy atom. The van der Waals surface area contributed by atoms with E-state index >= 15 is 0 Å². The van der Waals surface area contributed by atoms with Gasteiger partial charge in [0.2, 0.25) is 11.7 Å². The Kier molecular flexibility index (Phi) is 5.72. The van der Waals surface area contributed by atoms with Gasteiger partial charge in [0.25, 0.3) is 0 Å². The molecule has 0 bridgehead atoms. The summed E-state index contributed by atoms with van der Waals surface area (Å²) in [5.41, 5.74) is 5.03. The third kappa shape index (κ3) is 4.31. The largest absolute Gasteiger partial charge is 0.461 e. The number of hydrogen-bond donors (Lipinski definition) is 1. The predicted molar refractivity (Wildman–Crippen MR) is 119 cm³/mol. The summed E-state index contributed by atoms with van der Waals surface area (Å²) in [7, 11) is 0. The molecule has 2 aromatic carbocycles. The molecule has 1 N–H and O–H groups in total. The van der Waals surface area contributed by atoms with Crippen LogP contribution in [0.5, 0.6) is 0 Å². The molecule has 2 heterocycles. The highest BCUT2D eigenvalue weighted by Gasteiger charge is 2.19. The Hall–Kier alpha value is -3.32. The van der Waals surface area contributed by atoms with Crippen molar-refractivity contribution in [3.8, 4) is 17.3 Å². The van der Waals surface area contributed by atoms with E-state index in [-0.39, 0.29) is 11.7 Å². The molecule has 6 nitrogen and oxygen atoms in total. The summed E-state index contributed by atoms with van der Waals surface area (Å²) < 4.78 is 7.45. The van der Waals surface area contributed by atoms with E-state index in [0.29, 0.717) is 16.7 Å². The van der Waals surface area contributed by atoms with Crippen LogP contribution in [0.3, 0.4) is 0 Å². The van der Waals surface area contributed by atoms with Gasteiger partial charge in [-0.2, -0.15) is 0 Å². The van der Waals surface area contributed by atoms with Crippen LogP contribution in [0.1, 0.15) is 16.7 Å². The molecule has 0 fully saturated rings. The highest BCUT2D eigenvalue weighted by atomic mass is 32.2. The molecule has 30 heavy (non-hydrogen) atoms. The maximum Gasteiger partial charge on any atom is 0.234 e. The Bertz CT molecular complexity index is 1160. The number of hydrogen-bond acceptors (Lipinski definition) is 5. The number of thioether (sulfide) groups is 1. The first-order chi connectivity index (χ1) is 14.5. The minimum atomic E-state index is -0.0910. The predicted octanol–water partition coefficient (Wildman–Crippen LogP) is 5.18. The van der Waals surface area contributed by atoms with Crippen LogP contribution in [-0.4, -0.2) is 26.4 Å². The van der Waals surface area contributed by atoms with Crippen LogP contribution >= 0.6 is 11.8 Å². The van der Waals surface area contributed by atoms with Crippen molar-refractivity contribution in [1.29, 1.82) is 0 Å². The normalized spacial score (nSPS) is 10.9. The van der Waals surface area contributed by atoms with Crippen LogP contribution < -0.4 is 5.32 Å².